The first-order valence-electron chi connectivity index (χ1n) is 13.1. The number of aliphatic hydroxyl groups is 1. The molecule has 2 N–H and O–H groups in total. The Morgan fingerprint density at radius 1 is 1.02 bits per heavy atom. The van der Waals surface area contributed by atoms with Crippen molar-refractivity contribution in [3.63, 3.8) is 0 Å². The quantitative estimate of drug-likeness (QED) is 0.238. The van der Waals surface area contributed by atoms with Gasteiger partial charge in [-0.25, -0.2) is 9.97 Å². The first-order valence-corrected chi connectivity index (χ1v) is 14.8. The van der Waals surface area contributed by atoms with Crippen molar-refractivity contribution in [1.29, 1.82) is 0 Å². The van der Waals surface area contributed by atoms with Gasteiger partial charge in [0.05, 0.1) is 17.8 Å². The zero-order chi connectivity index (χ0) is 29.1. The number of carbonyl (C=O) groups is 2. The average Bonchev–Trinajstić information content (AvgIpc) is 3.67. The Balaban J connectivity index is 1.37. The number of carbonyl (C=O) groups excluding carboxylic acids is 2. The second kappa shape index (κ2) is 12.4. The summed E-state index contributed by atoms with van der Waals surface area (Å²) in [6, 6.07) is 15.5. The van der Waals surface area contributed by atoms with Crippen LogP contribution in [0.4, 0.5) is 5.69 Å². The molecule has 0 radical (unpaired) electrons. The van der Waals surface area contributed by atoms with Crippen molar-refractivity contribution in [3.8, 4) is 11.1 Å². The average molecular weight is 589 g/mol. The number of aliphatic hydroxyl groups excluding tert-OH is 1. The van der Waals surface area contributed by atoms with Crippen LogP contribution in [0.2, 0.25) is 0 Å². The third kappa shape index (κ3) is 6.45. The lowest BCUT2D eigenvalue weighted by Crippen LogP contribution is -2.20. The van der Waals surface area contributed by atoms with E-state index in [0.717, 1.165) is 44.0 Å². The van der Waals surface area contributed by atoms with Crippen molar-refractivity contribution >= 4 is 51.1 Å². The highest BCUT2D eigenvalue weighted by atomic mass is 32.1. The topological polar surface area (TPSA) is 104 Å². The van der Waals surface area contributed by atoms with Crippen LogP contribution in [-0.2, 0) is 13.1 Å². The molecule has 3 aromatic heterocycles. The Morgan fingerprint density at radius 2 is 1.83 bits per heavy atom. The fraction of sp³-hybridized carbons (Fsp3) is 0.267. The summed E-state index contributed by atoms with van der Waals surface area (Å²) in [7, 11) is 5.91. The fourth-order valence-electron chi connectivity index (χ4n) is 4.60. The number of nitrogens with one attached hydrogen (secondary N) is 1. The van der Waals surface area contributed by atoms with Gasteiger partial charge in [-0.05, 0) is 63.5 Å². The van der Waals surface area contributed by atoms with Crippen molar-refractivity contribution in [1.82, 2.24) is 24.3 Å². The van der Waals surface area contributed by atoms with Crippen LogP contribution in [-0.4, -0.2) is 75.6 Å². The van der Waals surface area contributed by atoms with E-state index in [1.54, 1.807) is 17.0 Å². The molecule has 5 aromatic rings. The van der Waals surface area contributed by atoms with Crippen LogP contribution in [0.1, 0.15) is 35.1 Å². The second-order valence-electron chi connectivity index (χ2n) is 10.1. The molecule has 9 nitrogen and oxygen atoms in total. The van der Waals surface area contributed by atoms with Gasteiger partial charge in [-0.15, -0.1) is 22.7 Å². The van der Waals surface area contributed by atoms with Gasteiger partial charge in [0.25, 0.3) is 11.8 Å². The molecule has 0 atom stereocenters. The maximum absolute atomic E-state index is 13.5. The van der Waals surface area contributed by atoms with E-state index < -0.39 is 0 Å². The van der Waals surface area contributed by atoms with Gasteiger partial charge in [0.2, 0.25) is 0 Å². The molecular weight excluding hydrogens is 557 g/mol. The number of likely N-dealkylation sites (N-methyl/N-ethyl adjacent to an activating group) is 1. The molecule has 0 saturated heterocycles. The summed E-state index contributed by atoms with van der Waals surface area (Å²) in [6.07, 6.45) is 3.50. The number of aromatic nitrogens is 3. The van der Waals surface area contributed by atoms with E-state index in [2.05, 4.69) is 20.2 Å². The summed E-state index contributed by atoms with van der Waals surface area (Å²) >= 11 is 2.77. The second-order valence-corrected chi connectivity index (χ2v) is 12.3. The highest BCUT2D eigenvalue weighted by Gasteiger charge is 2.19. The normalized spacial score (nSPS) is 11.6. The molecule has 11 heteroatoms. The standard InChI is InChI=1S/C30H32N6O3S2/c1-19-26(18-34(2)3)41-29(32-19)30(39)36-12-11-24-23(9-6-10-25(24)36)20-7-5-8-21(15-20)33-27(38)28-31-16-22(40-28)17-35(4)13-14-37/h5-12,15-16,37H,13-14,17-18H2,1-4H3,(H,33,38). The first-order chi connectivity index (χ1) is 19.7. The van der Waals surface area contributed by atoms with Crippen LogP contribution >= 0.6 is 22.7 Å². The van der Waals surface area contributed by atoms with Crippen molar-refractivity contribution in [2.75, 3.05) is 39.6 Å². The van der Waals surface area contributed by atoms with E-state index in [-0.39, 0.29) is 18.4 Å². The summed E-state index contributed by atoms with van der Waals surface area (Å²) in [6.45, 7) is 3.93. The van der Waals surface area contributed by atoms with E-state index in [1.807, 2.05) is 81.5 Å². The van der Waals surface area contributed by atoms with Crippen LogP contribution in [0, 0.1) is 6.92 Å². The summed E-state index contributed by atoms with van der Waals surface area (Å²) in [5.74, 6) is -0.424. The number of hydrogen-bond acceptors (Lipinski definition) is 9. The van der Waals surface area contributed by atoms with Gasteiger partial charge < -0.3 is 15.3 Å². The molecule has 212 valence electrons. The van der Waals surface area contributed by atoms with Crippen molar-refractivity contribution in [2.24, 2.45) is 0 Å². The Kier molecular flexibility index (Phi) is 8.71. The molecule has 0 aliphatic carbocycles. The Bertz CT molecular complexity index is 1700. The van der Waals surface area contributed by atoms with Gasteiger partial charge in [-0.2, -0.15) is 0 Å². The SMILES string of the molecule is Cc1nc(C(=O)n2ccc3c(-c4cccc(NC(=O)c5ncc(CN(C)CCO)s5)c4)cccc32)sc1CN(C)C. The molecule has 0 aliphatic heterocycles. The zero-order valence-corrected chi connectivity index (χ0v) is 25.1. The maximum Gasteiger partial charge on any atom is 0.291 e. The Hall–Kier alpha value is -3.74. The van der Waals surface area contributed by atoms with E-state index in [1.165, 1.54) is 22.7 Å². The van der Waals surface area contributed by atoms with E-state index >= 15 is 0 Å². The van der Waals surface area contributed by atoms with Crippen molar-refractivity contribution in [2.45, 2.75) is 20.0 Å². The van der Waals surface area contributed by atoms with Gasteiger partial charge in [-0.1, -0.05) is 24.3 Å². The molecule has 0 unspecified atom stereocenters. The lowest BCUT2D eigenvalue weighted by Gasteiger charge is -2.12. The molecule has 0 spiro atoms. The predicted octanol–water partition coefficient (Wildman–Crippen LogP) is 4.96. The number of aryl methyl sites for hydroxylation is 1. The molecule has 0 saturated carbocycles. The number of thiazole rings is 2. The number of hydrogen-bond donors (Lipinski definition) is 2. The number of benzene rings is 2. The fourth-order valence-corrected chi connectivity index (χ4v) is 6.61. The largest absolute Gasteiger partial charge is 0.395 e. The van der Waals surface area contributed by atoms with Gasteiger partial charge in [0.15, 0.2) is 10.0 Å². The first kappa shape index (κ1) is 28.8. The minimum absolute atomic E-state index is 0.0805. The molecule has 1 amide bonds. The molecule has 41 heavy (non-hydrogen) atoms. The third-order valence-electron chi connectivity index (χ3n) is 6.57. The number of fused-ring (bicyclic) bond motifs is 1. The zero-order valence-electron chi connectivity index (χ0n) is 23.4. The smallest absolute Gasteiger partial charge is 0.291 e. The number of anilines is 1. The summed E-state index contributed by atoms with van der Waals surface area (Å²) in [5.41, 5.74) is 4.21. The molecule has 0 fully saturated rings. The summed E-state index contributed by atoms with van der Waals surface area (Å²) in [4.78, 5) is 41.3. The third-order valence-corrected chi connectivity index (χ3v) is 8.68. The maximum atomic E-state index is 13.5. The van der Waals surface area contributed by atoms with Gasteiger partial charge >= 0.3 is 0 Å². The van der Waals surface area contributed by atoms with Crippen molar-refractivity contribution in [3.05, 3.63) is 86.4 Å². The van der Waals surface area contributed by atoms with Crippen molar-refractivity contribution < 1.29 is 14.7 Å². The van der Waals surface area contributed by atoms with Crippen LogP contribution in [0.5, 0.6) is 0 Å². The predicted molar refractivity (Wildman–Crippen MR) is 165 cm³/mol. The Labute approximate surface area is 246 Å². The lowest BCUT2D eigenvalue weighted by atomic mass is 10.0. The highest BCUT2D eigenvalue weighted by Crippen LogP contribution is 2.32. The monoisotopic (exact) mass is 588 g/mol. The van der Waals surface area contributed by atoms with Gasteiger partial charge in [-0.3, -0.25) is 19.1 Å². The van der Waals surface area contributed by atoms with E-state index in [4.69, 9.17) is 5.11 Å². The molecule has 5 rings (SSSR count). The molecule has 3 heterocycles. The minimum Gasteiger partial charge on any atom is -0.395 e. The van der Waals surface area contributed by atoms with E-state index in [9.17, 15) is 9.59 Å². The number of nitrogens with zero attached hydrogens (tertiary/aromatic N) is 5. The van der Waals surface area contributed by atoms with Crippen LogP contribution < -0.4 is 5.32 Å². The van der Waals surface area contributed by atoms with Gasteiger partial charge in [0, 0.05) is 52.9 Å². The van der Waals surface area contributed by atoms with Gasteiger partial charge in [0.1, 0.15) is 0 Å². The minimum atomic E-state index is -0.273. The van der Waals surface area contributed by atoms with Crippen LogP contribution in [0.3, 0.4) is 0 Å². The molecular formula is C30H32N6O3S2. The van der Waals surface area contributed by atoms with Crippen LogP contribution in [0.15, 0.2) is 60.9 Å². The molecule has 2 aromatic carbocycles. The van der Waals surface area contributed by atoms with E-state index in [0.29, 0.717) is 28.8 Å². The molecule has 0 bridgehead atoms. The Morgan fingerprint density at radius 3 is 2.61 bits per heavy atom. The summed E-state index contributed by atoms with van der Waals surface area (Å²) < 4.78 is 1.65. The lowest BCUT2D eigenvalue weighted by molar-refractivity contribution is 0.0963. The number of amides is 1. The number of rotatable bonds is 10. The van der Waals surface area contributed by atoms with Crippen LogP contribution in [0.25, 0.3) is 22.0 Å². The molecule has 0 aliphatic rings. The highest BCUT2D eigenvalue weighted by molar-refractivity contribution is 7.14. The summed E-state index contributed by atoms with van der Waals surface area (Å²) in [5, 5.41) is 13.8.